The summed E-state index contributed by atoms with van der Waals surface area (Å²) in [6.45, 7) is 8.06. The summed E-state index contributed by atoms with van der Waals surface area (Å²) < 4.78 is 21.2. The number of aldehydes is 1. The van der Waals surface area contributed by atoms with Crippen molar-refractivity contribution in [3.8, 4) is 0 Å². The van der Waals surface area contributed by atoms with Crippen LogP contribution in [0.4, 0.5) is 11.4 Å². The summed E-state index contributed by atoms with van der Waals surface area (Å²) in [5.74, 6) is 0. The molecule has 4 N–H and O–H groups in total. The molecule has 2 amide bonds. The van der Waals surface area contributed by atoms with Crippen molar-refractivity contribution in [1.29, 1.82) is 0 Å². The smallest absolute Gasteiger partial charge is 0.290 e. The van der Waals surface area contributed by atoms with Crippen LogP contribution in [0.3, 0.4) is 0 Å². The molecule has 0 unspecified atom stereocenters. The van der Waals surface area contributed by atoms with Crippen LogP contribution in [0.2, 0.25) is 0 Å². The van der Waals surface area contributed by atoms with Gasteiger partial charge < -0.3 is 49.6 Å². The Hall–Kier alpha value is -4.90. The predicted molar refractivity (Wildman–Crippen MR) is 127 cm³/mol. The van der Waals surface area contributed by atoms with Gasteiger partial charge in [-0.3, -0.25) is 9.59 Å². The van der Waals surface area contributed by atoms with Gasteiger partial charge in [0.1, 0.15) is 6.29 Å². The summed E-state index contributed by atoms with van der Waals surface area (Å²) in [4.78, 5) is 38.9. The number of hydrogen-bond donors (Lipinski definition) is 4. The first-order chi connectivity index (χ1) is 16.6. The molecule has 0 saturated carbocycles. The molecule has 0 spiro atoms. The Bertz CT molecular complexity index is 631. The third-order valence-corrected chi connectivity index (χ3v) is 3.51. The summed E-state index contributed by atoms with van der Waals surface area (Å²) in [6.07, 6.45) is 4.59. The summed E-state index contributed by atoms with van der Waals surface area (Å²) in [5, 5.41) is 14.4. The Kier molecular flexibility index (Phi) is 34.4. The Morgan fingerprint density at radius 3 is 1.67 bits per heavy atom. The largest absolute Gasteiger partial charge is 0.503 e. The van der Waals surface area contributed by atoms with Crippen LogP contribution < -0.4 is 16.0 Å². The number of carbonyl (C=O) groups is 2. The van der Waals surface area contributed by atoms with Gasteiger partial charge in [-0.05, 0) is 19.0 Å². The fourth-order valence-corrected chi connectivity index (χ4v) is 2.04. The molecular formula is C22H35Fm2N3O9-2. The van der Waals surface area contributed by atoms with E-state index in [1.807, 2.05) is 7.05 Å². The number of ether oxygens (including phenoxy) is 4. The van der Waals surface area contributed by atoms with Crippen molar-refractivity contribution in [2.24, 2.45) is 0 Å². The minimum absolute atomic E-state index is 0. The Balaban J connectivity index is -0.000000246. The van der Waals surface area contributed by atoms with E-state index in [9.17, 15) is 14.4 Å². The molecule has 1 aromatic rings. The number of rotatable bonds is 19. The number of hydrogen-bond acceptors (Lipinski definition) is 9. The van der Waals surface area contributed by atoms with Crippen LogP contribution in [0.1, 0.15) is 23.7 Å². The molecule has 0 radical (unpaired) electrons. The van der Waals surface area contributed by atoms with E-state index < -0.39 is 0 Å². The average Bonchev–Trinajstić information content (AvgIpc) is 2.84. The average molecular weight is 1000 g/mol. The van der Waals surface area contributed by atoms with Crippen LogP contribution in [0.25, 0.3) is 0 Å². The fraction of sp³-hybridized carbons (Fsp3) is 0.545. The number of carboxylic acid groups (broad SMARTS) is 1. The van der Waals surface area contributed by atoms with Crippen molar-refractivity contribution in [2.75, 3.05) is 77.1 Å². The van der Waals surface area contributed by atoms with Crippen molar-refractivity contribution in [2.45, 2.75) is 13.3 Å². The molecule has 0 aromatic heterocycles. The summed E-state index contributed by atoms with van der Waals surface area (Å²) in [5.41, 5.74) is 1.04. The summed E-state index contributed by atoms with van der Waals surface area (Å²) >= 11 is 0. The van der Waals surface area contributed by atoms with Crippen LogP contribution in [-0.4, -0.2) is 97.1 Å². The molecule has 0 aliphatic heterocycles. The maximum Gasteiger partial charge on any atom is 0.290 e. The fourth-order valence-electron chi connectivity index (χ4n) is 2.04. The van der Waals surface area contributed by atoms with E-state index in [1.165, 1.54) is 31.0 Å². The topological polar surface area (TPSA) is 162 Å². The molecule has 1 aromatic carbocycles. The molecule has 0 atom stereocenters. The van der Waals surface area contributed by atoms with Gasteiger partial charge in [0, 0.05) is 13.2 Å². The quantitative estimate of drug-likeness (QED) is 0.0678. The predicted octanol–water partition coefficient (Wildman–Crippen LogP) is 0.840. The zero-order chi connectivity index (χ0) is 25.7. The van der Waals surface area contributed by atoms with Gasteiger partial charge in [0.15, 0.2) is 0 Å². The maximum atomic E-state index is 10.4. The minimum atomic E-state index is -0.250. The Labute approximate surface area is 200 Å². The summed E-state index contributed by atoms with van der Waals surface area (Å²) in [6, 6.07) is 4.40. The van der Waals surface area contributed by atoms with E-state index in [4.69, 9.17) is 28.8 Å². The van der Waals surface area contributed by atoms with Gasteiger partial charge >= 0.3 is 0 Å². The van der Waals surface area contributed by atoms with Gasteiger partial charge in [0.05, 0.1) is 59.1 Å². The van der Waals surface area contributed by atoms with Crippen molar-refractivity contribution in [3.63, 3.8) is 0 Å². The van der Waals surface area contributed by atoms with Gasteiger partial charge in [-0.2, -0.15) is 11.4 Å². The second-order valence-corrected chi connectivity index (χ2v) is 6.04. The Morgan fingerprint density at radius 2 is 1.25 bits per heavy atom. The van der Waals surface area contributed by atoms with Gasteiger partial charge in [-0.15, -0.1) is 12.1 Å². The molecule has 12 nitrogen and oxygen atoms in total. The zero-order valence-electron chi connectivity index (χ0n) is 20.2. The van der Waals surface area contributed by atoms with E-state index in [0.29, 0.717) is 62.9 Å². The number of nitrogens with one attached hydrogen (secondary N) is 3. The zero-order valence-corrected chi connectivity index (χ0v) is 25.1. The maximum absolute atomic E-state index is 10.4. The molecule has 0 aliphatic rings. The molecule has 14 heteroatoms. The standard InChI is InChI=1S/C12H27NO4.C9H6N2O3.CH2O2.2Fm/c1-3-5-14-7-9-16-11-12-17-10-8-15-6-4-13-2;12-4-7-1-2-8(10-5-13)9(3-7)11-6-14;2-1-3;;/h13H,3-12H2,1-2H3;1-4H,(H,10,13)(H,11,14);1H,(H,2,3);;/q;-2;;;. The van der Waals surface area contributed by atoms with Crippen LogP contribution in [0, 0.1) is 0 Å². The first-order valence-corrected chi connectivity index (χ1v) is 10.5. The third kappa shape index (κ3) is 25.4. The van der Waals surface area contributed by atoms with Crippen molar-refractivity contribution in [3.05, 3.63) is 23.8 Å². The molecule has 1 rings (SSSR count). The first kappa shape index (κ1) is 38.4. The molecule has 0 aliphatic carbocycles. The van der Waals surface area contributed by atoms with Crippen molar-refractivity contribution in [1.82, 2.24) is 5.32 Å². The molecule has 0 saturated heterocycles. The second kappa shape index (κ2) is 32.3. The van der Waals surface area contributed by atoms with Crippen molar-refractivity contribution >= 4 is 37.0 Å². The molecule has 218 valence electrons. The molecule has 0 fully saturated rings. The van der Waals surface area contributed by atoms with Crippen LogP contribution in [0.5, 0.6) is 0 Å². The van der Waals surface area contributed by atoms with Crippen LogP contribution in [-0.2, 0) is 33.3 Å². The molecule has 0 bridgehead atoms. The second-order valence-electron chi connectivity index (χ2n) is 6.04. The molecular weight excluding hydrogens is 964 g/mol. The van der Waals surface area contributed by atoms with Crippen LogP contribution in [0.15, 0.2) is 18.2 Å². The van der Waals surface area contributed by atoms with Crippen LogP contribution >= 0.6 is 0 Å². The van der Waals surface area contributed by atoms with Gasteiger partial charge in [0.2, 0.25) is 0 Å². The molecule has 36 heavy (non-hydrogen) atoms. The number of carbonyl (C=O) groups excluding carboxylic acids is 3. The third-order valence-electron chi connectivity index (χ3n) is 3.51. The summed E-state index contributed by atoms with van der Waals surface area (Å²) in [7, 11) is 1.90. The Morgan fingerprint density at radius 1 is 0.806 bits per heavy atom. The first-order valence-electron chi connectivity index (χ1n) is 10.5. The number of amides is 2. The monoisotopic (exact) mass is 999 g/mol. The number of likely N-dealkylation sites (N-methyl/N-ethyl adjacent to an activating group) is 1. The number of benzene rings is 1. The van der Waals surface area contributed by atoms with E-state index in [2.05, 4.69) is 22.9 Å². The van der Waals surface area contributed by atoms with Gasteiger partial charge in [0.25, 0.3) is 6.47 Å². The van der Waals surface area contributed by atoms with E-state index in [1.54, 1.807) is 0 Å². The number of anilines is 2. The van der Waals surface area contributed by atoms with E-state index in [0.717, 1.165) is 26.2 Å². The van der Waals surface area contributed by atoms with E-state index >= 15 is 0 Å². The van der Waals surface area contributed by atoms with Gasteiger partial charge in [-0.25, -0.2) is 0 Å². The van der Waals surface area contributed by atoms with Gasteiger partial charge in [-0.1, -0.05) is 13.0 Å². The SMILES string of the molecule is CCCOCCOCCOCCOCCNC.O=CO.O=[C-]Nc1ccc(C=O)cc1N[C-]=O.[Fm].[Fm]. The minimum Gasteiger partial charge on any atom is -0.503 e. The molecule has 0 heterocycles. The van der Waals surface area contributed by atoms with E-state index in [-0.39, 0.29) is 6.47 Å². The normalized spacial score (nSPS) is 8.94. The van der Waals surface area contributed by atoms with Crippen molar-refractivity contribution < 1.29 is 43.2 Å².